The molecule has 0 bridgehead atoms. The number of aryl methyl sites for hydroxylation is 1. The van der Waals surface area contributed by atoms with Crippen LogP contribution in [0, 0.1) is 36.0 Å². The first-order chi connectivity index (χ1) is 15.5. The molecule has 0 radical (unpaired) electrons. The average Bonchev–Trinajstić information content (AvgIpc) is 3.01. The van der Waals surface area contributed by atoms with E-state index < -0.39 is 46.8 Å². The Balaban J connectivity index is 1.75. The highest BCUT2D eigenvalue weighted by Crippen LogP contribution is 2.63. The van der Waals surface area contributed by atoms with Crippen molar-refractivity contribution in [2.24, 2.45) is 29.1 Å². The quantitative estimate of drug-likeness (QED) is 0.387. The average molecular weight is 450 g/mol. The summed E-state index contributed by atoms with van der Waals surface area (Å²) >= 11 is 0. The third-order valence-electron chi connectivity index (χ3n) is 8.70. The van der Waals surface area contributed by atoms with Crippen molar-refractivity contribution in [2.45, 2.75) is 46.5 Å². The summed E-state index contributed by atoms with van der Waals surface area (Å²) in [5.41, 5.74) is 2.16. The fraction of sp³-hybridized carbons (Fsp3) is 0.462. The van der Waals surface area contributed by atoms with E-state index in [-0.39, 0.29) is 28.8 Å². The van der Waals surface area contributed by atoms with Crippen LogP contribution in [0.1, 0.15) is 50.7 Å². The zero-order chi connectivity index (χ0) is 24.0. The summed E-state index contributed by atoms with van der Waals surface area (Å²) in [6, 6.07) is 5.18. The second kappa shape index (κ2) is 6.97. The number of hydroxylamine groups is 2. The van der Waals surface area contributed by atoms with Crippen molar-refractivity contribution in [3.63, 3.8) is 0 Å². The van der Waals surface area contributed by atoms with Gasteiger partial charge < -0.3 is 5.11 Å². The van der Waals surface area contributed by atoms with Gasteiger partial charge >= 0.3 is 0 Å². The molecule has 6 atom stereocenters. The number of hydrogen-bond donors (Lipinski definition) is 2. The minimum absolute atomic E-state index is 0.0839. The molecular formula is C26H27NO6. The van der Waals surface area contributed by atoms with Crippen LogP contribution in [-0.4, -0.2) is 38.8 Å². The molecule has 0 aromatic heterocycles. The number of nitrogens with zero attached hydrogens (tertiary/aromatic N) is 1. The topological polar surface area (TPSA) is 112 Å². The van der Waals surface area contributed by atoms with Gasteiger partial charge in [0.05, 0.1) is 17.3 Å². The van der Waals surface area contributed by atoms with Crippen LogP contribution in [-0.2, 0) is 19.2 Å². The van der Waals surface area contributed by atoms with Crippen molar-refractivity contribution in [1.29, 1.82) is 0 Å². The van der Waals surface area contributed by atoms with Gasteiger partial charge in [0.25, 0.3) is 11.8 Å². The lowest BCUT2D eigenvalue weighted by molar-refractivity contribution is -0.173. The van der Waals surface area contributed by atoms with E-state index in [4.69, 9.17) is 0 Å². The molecule has 2 fully saturated rings. The van der Waals surface area contributed by atoms with E-state index in [1.165, 1.54) is 0 Å². The Hall–Kier alpha value is -3.06. The number of allylic oxidation sites excluding steroid dienone is 4. The van der Waals surface area contributed by atoms with Crippen LogP contribution in [0.5, 0.6) is 5.75 Å². The number of carbonyl (C=O) groups is 4. The van der Waals surface area contributed by atoms with Crippen LogP contribution < -0.4 is 0 Å². The van der Waals surface area contributed by atoms with Gasteiger partial charge in [-0.25, -0.2) is 0 Å². The van der Waals surface area contributed by atoms with Gasteiger partial charge in [0.2, 0.25) is 0 Å². The van der Waals surface area contributed by atoms with Gasteiger partial charge in [0.15, 0.2) is 11.6 Å². The molecule has 172 valence electrons. The molecule has 1 saturated carbocycles. The number of phenols is 1. The van der Waals surface area contributed by atoms with Crippen molar-refractivity contribution >= 4 is 23.4 Å². The van der Waals surface area contributed by atoms with Crippen molar-refractivity contribution in [3.05, 3.63) is 52.1 Å². The smallest absolute Gasteiger partial charge is 0.257 e. The molecule has 1 aliphatic heterocycles. The van der Waals surface area contributed by atoms with E-state index in [0.29, 0.717) is 23.1 Å². The number of aromatic hydroxyl groups is 1. The van der Waals surface area contributed by atoms with Gasteiger partial charge in [-0.05, 0) is 67.9 Å². The van der Waals surface area contributed by atoms with Gasteiger partial charge in [-0.2, -0.15) is 5.06 Å². The largest absolute Gasteiger partial charge is 0.508 e. The Kier molecular flexibility index (Phi) is 4.60. The van der Waals surface area contributed by atoms with Gasteiger partial charge in [-0.1, -0.05) is 30.7 Å². The SMILES string of the molecule is CC1=C(C)C(=O)[C@@]2(C)[C@@H](c3ccc(O)c(C)c3)C3=CC[C@@H]4C(=O)N(O)C(=O)[C@@H]4[C@@H]3C[C@H]2C1=O. The number of imide groups is 1. The molecule has 0 spiro atoms. The Bertz CT molecular complexity index is 1210. The Morgan fingerprint density at radius 1 is 1.00 bits per heavy atom. The van der Waals surface area contributed by atoms with E-state index in [1.807, 2.05) is 19.1 Å². The summed E-state index contributed by atoms with van der Waals surface area (Å²) in [7, 11) is 0. The number of phenolic OH excluding ortho intramolecular Hbond substituents is 1. The summed E-state index contributed by atoms with van der Waals surface area (Å²) in [6.07, 6.45) is 2.50. The zero-order valence-corrected chi connectivity index (χ0v) is 19.1. The van der Waals surface area contributed by atoms with Crippen LogP contribution in [0.4, 0.5) is 0 Å². The van der Waals surface area contributed by atoms with Crippen molar-refractivity contribution in [1.82, 2.24) is 5.06 Å². The Labute approximate surface area is 191 Å². The van der Waals surface area contributed by atoms with Gasteiger partial charge in [0.1, 0.15) is 5.75 Å². The van der Waals surface area contributed by atoms with Crippen LogP contribution in [0.3, 0.4) is 0 Å². The third-order valence-corrected chi connectivity index (χ3v) is 8.70. The predicted molar refractivity (Wildman–Crippen MR) is 117 cm³/mol. The molecule has 5 rings (SSSR count). The fourth-order valence-electron chi connectivity index (χ4n) is 6.80. The molecule has 1 aromatic rings. The number of carbonyl (C=O) groups excluding carboxylic acids is 4. The van der Waals surface area contributed by atoms with Gasteiger partial charge in [0, 0.05) is 11.8 Å². The van der Waals surface area contributed by atoms with E-state index in [1.54, 1.807) is 32.9 Å². The van der Waals surface area contributed by atoms with Crippen molar-refractivity contribution in [2.75, 3.05) is 0 Å². The second-order valence-electron chi connectivity index (χ2n) is 10.2. The summed E-state index contributed by atoms with van der Waals surface area (Å²) in [6.45, 7) is 6.97. The maximum atomic E-state index is 13.8. The minimum Gasteiger partial charge on any atom is -0.508 e. The molecule has 1 heterocycles. The zero-order valence-electron chi connectivity index (χ0n) is 19.1. The maximum absolute atomic E-state index is 13.8. The van der Waals surface area contributed by atoms with Crippen LogP contribution in [0.25, 0.3) is 0 Å². The number of Topliss-reactive ketones (excluding diaryl/α,β-unsaturated/α-hetero) is 2. The number of amides is 2. The summed E-state index contributed by atoms with van der Waals surface area (Å²) < 4.78 is 0. The minimum atomic E-state index is -1.05. The molecular weight excluding hydrogens is 422 g/mol. The normalized spacial score (nSPS) is 36.0. The van der Waals surface area contributed by atoms with Gasteiger partial charge in [-0.3, -0.25) is 24.4 Å². The number of fused-ring (bicyclic) bond motifs is 4. The molecule has 2 amide bonds. The summed E-state index contributed by atoms with van der Waals surface area (Å²) in [5, 5.41) is 20.4. The lowest BCUT2D eigenvalue weighted by Crippen LogP contribution is -2.55. The predicted octanol–water partition coefficient (Wildman–Crippen LogP) is 3.24. The molecule has 0 unspecified atom stereocenters. The molecule has 1 saturated heterocycles. The first-order valence-electron chi connectivity index (χ1n) is 11.3. The highest BCUT2D eigenvalue weighted by molar-refractivity contribution is 6.16. The molecule has 2 N–H and O–H groups in total. The number of ketones is 2. The highest BCUT2D eigenvalue weighted by Gasteiger charge is 2.63. The fourth-order valence-corrected chi connectivity index (χ4v) is 6.80. The first kappa shape index (κ1) is 21.8. The molecule has 7 nitrogen and oxygen atoms in total. The lowest BCUT2D eigenvalue weighted by atomic mass is 9.46. The van der Waals surface area contributed by atoms with E-state index in [9.17, 15) is 29.5 Å². The van der Waals surface area contributed by atoms with Gasteiger partial charge in [-0.15, -0.1) is 0 Å². The highest BCUT2D eigenvalue weighted by atomic mass is 16.5. The number of rotatable bonds is 1. The van der Waals surface area contributed by atoms with E-state index in [0.717, 1.165) is 11.1 Å². The monoisotopic (exact) mass is 449 g/mol. The number of benzene rings is 1. The van der Waals surface area contributed by atoms with Crippen LogP contribution in [0.15, 0.2) is 41.0 Å². The molecule has 33 heavy (non-hydrogen) atoms. The number of hydrogen-bond acceptors (Lipinski definition) is 6. The maximum Gasteiger partial charge on any atom is 0.257 e. The Morgan fingerprint density at radius 2 is 1.70 bits per heavy atom. The van der Waals surface area contributed by atoms with Crippen LogP contribution in [0.2, 0.25) is 0 Å². The van der Waals surface area contributed by atoms with Crippen molar-refractivity contribution < 1.29 is 29.5 Å². The first-order valence-corrected chi connectivity index (χ1v) is 11.3. The molecule has 4 aliphatic rings. The van der Waals surface area contributed by atoms with Crippen molar-refractivity contribution in [3.8, 4) is 5.75 Å². The standard InChI is InChI=1S/C26H27NO6/c1-11-9-14(5-8-19(11)28)21-15-6-7-16-20(25(32)27(33)24(16)31)17(15)10-18-22(29)12(2)13(3)23(30)26(18,21)4/h5-6,8-9,16-18,20-21,28,33H,7,10H2,1-4H3/t16-,17+,18-,20-,21-,26+/m0/s1. The van der Waals surface area contributed by atoms with E-state index >= 15 is 0 Å². The molecule has 3 aliphatic carbocycles. The summed E-state index contributed by atoms with van der Waals surface area (Å²) in [4.78, 5) is 52.7. The lowest BCUT2D eigenvalue weighted by Gasteiger charge is -2.54. The Morgan fingerprint density at radius 3 is 2.36 bits per heavy atom. The van der Waals surface area contributed by atoms with E-state index in [2.05, 4.69) is 0 Å². The second-order valence-corrected chi connectivity index (χ2v) is 10.2. The van der Waals surface area contributed by atoms with Crippen LogP contribution >= 0.6 is 0 Å². The molecule has 1 aromatic carbocycles. The molecule has 7 heteroatoms. The third kappa shape index (κ3) is 2.66. The summed E-state index contributed by atoms with van der Waals surface area (Å²) in [5.74, 6) is -4.27.